The number of nitrogens with one attached hydrogen (secondary N) is 4. The summed E-state index contributed by atoms with van der Waals surface area (Å²) in [5.41, 5.74) is 1.38. The van der Waals surface area contributed by atoms with Crippen molar-refractivity contribution in [2.75, 3.05) is 16.0 Å². The van der Waals surface area contributed by atoms with E-state index in [-0.39, 0.29) is 39.4 Å². The number of anilines is 3. The molecule has 16 nitrogen and oxygen atoms in total. The van der Waals surface area contributed by atoms with Gasteiger partial charge in [0, 0.05) is 29.5 Å². The largest absolute Gasteiger partial charge is 0.504 e. The Hall–Kier alpha value is -8.10. The fourth-order valence-corrected chi connectivity index (χ4v) is 7.15. The maximum absolute atomic E-state index is 15.7. The molecule has 6 aromatic rings. The molecule has 17 heteroatoms. The molecule has 0 fully saturated rings. The van der Waals surface area contributed by atoms with Crippen LogP contribution in [0.5, 0.6) is 11.5 Å². The molecule has 358 valence electrons. The first-order valence-electron chi connectivity index (χ1n) is 22.0. The summed E-state index contributed by atoms with van der Waals surface area (Å²) in [5, 5.41) is 31.1. The van der Waals surface area contributed by atoms with Gasteiger partial charge < -0.3 is 45.2 Å². The Labute approximate surface area is 398 Å². The van der Waals surface area contributed by atoms with Crippen molar-refractivity contribution < 1.29 is 47.7 Å². The average Bonchev–Trinajstić information content (AvgIpc) is 3.60. The molecule has 0 unspecified atom stereocenters. The molecule has 5 N–H and O–H groups in total. The molecule has 5 aromatic carbocycles. The Balaban J connectivity index is 1.15. The highest BCUT2D eigenvalue weighted by molar-refractivity contribution is 6.11. The minimum Gasteiger partial charge on any atom is -0.504 e. The smallest absolute Gasteiger partial charge is 0.338 e. The number of esters is 1. The number of carbonyl (C=O) groups is 5. The molecule has 2 atom stereocenters. The van der Waals surface area contributed by atoms with E-state index in [1.807, 2.05) is 11.6 Å². The summed E-state index contributed by atoms with van der Waals surface area (Å²) in [4.78, 5) is 71.6. The highest BCUT2D eigenvalue weighted by Gasteiger charge is 2.32. The Morgan fingerprint density at radius 2 is 1.36 bits per heavy atom. The summed E-state index contributed by atoms with van der Waals surface area (Å²) in [7, 11) is 1.83. The molecule has 1 aromatic heterocycles. The van der Waals surface area contributed by atoms with E-state index in [0.717, 1.165) is 11.6 Å². The Morgan fingerprint density at radius 1 is 0.739 bits per heavy atom. The second-order valence-corrected chi connectivity index (χ2v) is 18.4. The number of hydrogen-bond acceptors (Lipinski definition) is 11. The van der Waals surface area contributed by atoms with Gasteiger partial charge >= 0.3 is 5.97 Å². The molecule has 1 heterocycles. The molecule has 0 aliphatic rings. The summed E-state index contributed by atoms with van der Waals surface area (Å²) < 4.78 is 34.8. The number of benzene rings is 5. The van der Waals surface area contributed by atoms with Crippen LogP contribution in [0.15, 0.2) is 97.1 Å². The number of aromatic hydroxyl groups is 1. The summed E-state index contributed by atoms with van der Waals surface area (Å²) in [6.45, 7) is 15.5. The minimum atomic E-state index is -1.25. The van der Waals surface area contributed by atoms with Crippen molar-refractivity contribution in [1.29, 1.82) is 5.26 Å². The van der Waals surface area contributed by atoms with Gasteiger partial charge in [0.1, 0.15) is 23.3 Å². The van der Waals surface area contributed by atoms with Crippen molar-refractivity contribution in [3.05, 3.63) is 131 Å². The van der Waals surface area contributed by atoms with Crippen molar-refractivity contribution in [2.24, 2.45) is 7.05 Å². The van der Waals surface area contributed by atoms with Crippen molar-refractivity contribution in [2.45, 2.75) is 91.8 Å². The standard InChI is InChI=1S/C52H54FN7O9/c1-28(2)67-44-37(22-21-36(43(44)61)47(63)55-34-18-16-33(17-19-34)50(66)69-52(7,8)9)48(64)58-39-24-20-35(26-38(39)53)56-49(65)42(29(3)68-51(4,5)6)59-46(62)32-14-12-31(13-15-32)45-57-40-23-11-30(27-54)25-41(40)60(45)10/h11-26,28-29,42,61H,1-10H3,(H,55,63)(H,56,65)(H,58,64)(H,59,62)/t29-,42+/m1/s1. The van der Waals surface area contributed by atoms with Gasteiger partial charge in [0.05, 0.1) is 62.9 Å². The zero-order valence-electron chi connectivity index (χ0n) is 39.9. The van der Waals surface area contributed by atoms with Gasteiger partial charge in [0.25, 0.3) is 17.7 Å². The highest BCUT2D eigenvalue weighted by atomic mass is 19.1. The minimum absolute atomic E-state index is 0.00252. The van der Waals surface area contributed by atoms with Gasteiger partial charge in [-0.1, -0.05) is 12.1 Å². The number of hydrogen-bond donors (Lipinski definition) is 5. The van der Waals surface area contributed by atoms with Crippen LogP contribution in [0.1, 0.15) is 109 Å². The number of aryl methyl sites for hydroxylation is 1. The van der Waals surface area contributed by atoms with Gasteiger partial charge in [-0.3, -0.25) is 19.2 Å². The molecule has 0 saturated carbocycles. The lowest BCUT2D eigenvalue weighted by molar-refractivity contribution is -0.125. The lowest BCUT2D eigenvalue weighted by atomic mass is 10.1. The van der Waals surface area contributed by atoms with Crippen LogP contribution in [-0.4, -0.2) is 73.7 Å². The third-order valence-corrected chi connectivity index (χ3v) is 10.2. The molecule has 69 heavy (non-hydrogen) atoms. The van der Waals surface area contributed by atoms with Crippen LogP contribution in [0.25, 0.3) is 22.4 Å². The number of fused-ring (bicyclic) bond motifs is 1. The number of nitriles is 1. The van der Waals surface area contributed by atoms with Gasteiger partial charge in [-0.25, -0.2) is 14.2 Å². The van der Waals surface area contributed by atoms with Crippen LogP contribution >= 0.6 is 0 Å². The quantitative estimate of drug-likeness (QED) is 0.0648. The lowest BCUT2D eigenvalue weighted by Crippen LogP contribution is -2.52. The summed E-state index contributed by atoms with van der Waals surface area (Å²) >= 11 is 0. The van der Waals surface area contributed by atoms with Crippen molar-refractivity contribution in [3.63, 3.8) is 0 Å². The summed E-state index contributed by atoms with van der Waals surface area (Å²) in [5.74, 6) is -4.73. The first-order chi connectivity index (χ1) is 32.4. The lowest BCUT2D eigenvalue weighted by Gasteiger charge is -2.30. The number of phenols is 1. The normalized spacial score (nSPS) is 12.4. The predicted molar refractivity (Wildman–Crippen MR) is 259 cm³/mol. The second-order valence-electron chi connectivity index (χ2n) is 18.4. The molecule has 4 amide bonds. The van der Waals surface area contributed by atoms with E-state index < -0.39 is 70.6 Å². The van der Waals surface area contributed by atoms with Crippen molar-refractivity contribution >= 4 is 57.7 Å². The van der Waals surface area contributed by atoms with Crippen LogP contribution < -0.4 is 26.0 Å². The fraction of sp³-hybridized carbons (Fsp3) is 0.288. The topological polar surface area (TPSA) is 223 Å². The van der Waals surface area contributed by atoms with Crippen LogP contribution in [-0.2, 0) is 21.3 Å². The first-order valence-corrected chi connectivity index (χ1v) is 22.0. The molecule has 6 rings (SSSR count). The molecule has 0 saturated heterocycles. The molecule has 0 radical (unpaired) electrons. The number of imidazole rings is 1. The number of halogens is 1. The van der Waals surface area contributed by atoms with Crippen molar-refractivity contribution in [3.8, 4) is 29.0 Å². The molecular formula is C52H54FN7O9. The Kier molecular flexibility index (Phi) is 14.9. The Bertz CT molecular complexity index is 2980. The maximum atomic E-state index is 15.7. The molecule has 0 spiro atoms. The fourth-order valence-electron chi connectivity index (χ4n) is 7.15. The predicted octanol–water partition coefficient (Wildman–Crippen LogP) is 9.14. The summed E-state index contributed by atoms with van der Waals surface area (Å²) in [6, 6.07) is 24.7. The molecular weight excluding hydrogens is 886 g/mol. The number of amides is 4. The van der Waals surface area contributed by atoms with E-state index in [1.54, 1.807) is 105 Å². The van der Waals surface area contributed by atoms with E-state index >= 15 is 4.39 Å². The summed E-state index contributed by atoms with van der Waals surface area (Å²) in [6.07, 6.45) is -1.42. The van der Waals surface area contributed by atoms with Gasteiger partial charge in [0.2, 0.25) is 5.91 Å². The average molecular weight is 940 g/mol. The number of rotatable bonds is 14. The van der Waals surface area contributed by atoms with Gasteiger partial charge in [-0.2, -0.15) is 5.26 Å². The van der Waals surface area contributed by atoms with E-state index in [4.69, 9.17) is 14.2 Å². The number of phenolic OH excluding ortho intramolecular Hbond substituents is 1. The second kappa shape index (κ2) is 20.4. The van der Waals surface area contributed by atoms with E-state index in [9.17, 15) is 34.3 Å². The van der Waals surface area contributed by atoms with Gasteiger partial charge in [-0.05, 0) is 147 Å². The molecule has 0 aliphatic carbocycles. The monoisotopic (exact) mass is 939 g/mol. The number of aromatic nitrogens is 2. The zero-order chi connectivity index (χ0) is 50.5. The number of carbonyl (C=O) groups excluding carboxylic acids is 5. The zero-order valence-corrected chi connectivity index (χ0v) is 39.9. The first kappa shape index (κ1) is 50.3. The van der Waals surface area contributed by atoms with E-state index in [1.165, 1.54) is 48.5 Å². The van der Waals surface area contributed by atoms with Gasteiger partial charge in [-0.15, -0.1) is 0 Å². The van der Waals surface area contributed by atoms with Crippen LogP contribution in [0.2, 0.25) is 0 Å². The maximum Gasteiger partial charge on any atom is 0.338 e. The van der Waals surface area contributed by atoms with Crippen LogP contribution in [0, 0.1) is 17.1 Å². The van der Waals surface area contributed by atoms with Crippen LogP contribution in [0.4, 0.5) is 21.5 Å². The van der Waals surface area contributed by atoms with Gasteiger partial charge in [0.15, 0.2) is 11.5 Å². The van der Waals surface area contributed by atoms with Crippen LogP contribution in [0.3, 0.4) is 0 Å². The molecule has 0 bridgehead atoms. The highest BCUT2D eigenvalue weighted by Crippen LogP contribution is 2.36. The van der Waals surface area contributed by atoms with Crippen molar-refractivity contribution in [1.82, 2.24) is 14.9 Å². The third kappa shape index (κ3) is 12.5. The number of ether oxygens (including phenoxy) is 3. The third-order valence-electron chi connectivity index (χ3n) is 10.2. The van der Waals surface area contributed by atoms with E-state index in [0.29, 0.717) is 28.2 Å². The SMILES string of the molecule is CC(C)Oc1c(C(=O)Nc2ccc(NC(=O)[C@@H](NC(=O)c3ccc(-c4nc5ccc(C#N)cc5n4C)cc3)[C@@H](C)OC(C)(C)C)cc2F)ccc(C(=O)Nc2ccc(C(=O)OC(C)(C)C)cc2)c1O. The Morgan fingerprint density at radius 3 is 1.97 bits per heavy atom. The van der Waals surface area contributed by atoms with E-state index in [2.05, 4.69) is 32.3 Å². The number of nitrogens with zero attached hydrogens (tertiary/aromatic N) is 3. The molecule has 0 aliphatic heterocycles.